The highest BCUT2D eigenvalue weighted by atomic mass is 16.1. The number of nitrogens with one attached hydrogen (secondary N) is 1. The van der Waals surface area contributed by atoms with Gasteiger partial charge in [0.1, 0.15) is 0 Å². The Kier molecular flexibility index (Phi) is 4.43. The molecule has 0 bridgehead atoms. The van der Waals surface area contributed by atoms with Crippen LogP contribution in [0.15, 0.2) is 24.5 Å². The van der Waals surface area contributed by atoms with Crippen LogP contribution in [-0.2, 0) is 11.2 Å². The summed E-state index contributed by atoms with van der Waals surface area (Å²) >= 11 is 0. The lowest BCUT2D eigenvalue weighted by Crippen LogP contribution is -2.42. The SMILES string of the molecule is C[N+](C)(C)CCNC(=O)Cc1ccncc1. The standard InChI is InChI=1S/C12H19N3O/c1-15(2,3)9-8-14-12(16)10-11-4-6-13-7-5-11/h4-7H,8-10H2,1-3H3/p+1. The maximum absolute atomic E-state index is 11.6. The number of hydrogen-bond donors (Lipinski definition) is 1. The molecular weight excluding hydrogens is 202 g/mol. The van der Waals surface area contributed by atoms with E-state index in [-0.39, 0.29) is 5.91 Å². The van der Waals surface area contributed by atoms with E-state index in [4.69, 9.17) is 0 Å². The van der Waals surface area contributed by atoms with Crippen LogP contribution in [0, 0.1) is 0 Å². The highest BCUT2D eigenvalue weighted by Gasteiger charge is 2.08. The molecule has 0 saturated carbocycles. The first-order valence-electron chi connectivity index (χ1n) is 5.43. The number of hydrogen-bond acceptors (Lipinski definition) is 2. The summed E-state index contributed by atoms with van der Waals surface area (Å²) in [7, 11) is 6.32. The van der Waals surface area contributed by atoms with Crippen molar-refractivity contribution in [3.05, 3.63) is 30.1 Å². The van der Waals surface area contributed by atoms with Gasteiger partial charge in [-0.1, -0.05) is 0 Å². The molecule has 0 unspecified atom stereocenters. The molecule has 1 N–H and O–H groups in total. The van der Waals surface area contributed by atoms with Gasteiger partial charge in [0.2, 0.25) is 5.91 Å². The Morgan fingerprint density at radius 1 is 1.31 bits per heavy atom. The van der Waals surface area contributed by atoms with Crippen molar-refractivity contribution in [3.63, 3.8) is 0 Å². The van der Waals surface area contributed by atoms with Crippen molar-refractivity contribution < 1.29 is 9.28 Å². The second-order valence-electron chi connectivity index (χ2n) is 4.90. The van der Waals surface area contributed by atoms with Crippen molar-refractivity contribution in [1.29, 1.82) is 0 Å². The minimum Gasteiger partial charge on any atom is -0.350 e. The fourth-order valence-electron chi connectivity index (χ4n) is 1.28. The van der Waals surface area contributed by atoms with Gasteiger partial charge in [-0.3, -0.25) is 9.78 Å². The summed E-state index contributed by atoms with van der Waals surface area (Å²) in [5.74, 6) is 0.0691. The quantitative estimate of drug-likeness (QED) is 0.735. The smallest absolute Gasteiger partial charge is 0.224 e. The average molecular weight is 222 g/mol. The molecule has 0 atom stereocenters. The number of amides is 1. The molecule has 1 amide bonds. The minimum absolute atomic E-state index is 0.0691. The third-order valence-electron chi connectivity index (χ3n) is 2.22. The van der Waals surface area contributed by atoms with Crippen LogP contribution in [0.3, 0.4) is 0 Å². The van der Waals surface area contributed by atoms with Crippen LogP contribution in [0.4, 0.5) is 0 Å². The minimum atomic E-state index is 0.0691. The number of likely N-dealkylation sites (N-methyl/N-ethyl adjacent to an activating group) is 1. The van der Waals surface area contributed by atoms with Gasteiger partial charge < -0.3 is 9.80 Å². The van der Waals surface area contributed by atoms with E-state index in [1.54, 1.807) is 12.4 Å². The van der Waals surface area contributed by atoms with Crippen LogP contribution >= 0.6 is 0 Å². The van der Waals surface area contributed by atoms with Crippen molar-refractivity contribution in [3.8, 4) is 0 Å². The lowest BCUT2D eigenvalue weighted by molar-refractivity contribution is -0.869. The van der Waals surface area contributed by atoms with Crippen LogP contribution in [0.5, 0.6) is 0 Å². The molecule has 0 radical (unpaired) electrons. The molecule has 0 aliphatic carbocycles. The number of rotatable bonds is 5. The van der Waals surface area contributed by atoms with E-state index >= 15 is 0 Å². The summed E-state index contributed by atoms with van der Waals surface area (Å²) in [6.07, 6.45) is 3.84. The van der Waals surface area contributed by atoms with E-state index in [1.165, 1.54) is 0 Å². The molecule has 1 aromatic rings. The number of carbonyl (C=O) groups is 1. The molecule has 0 fully saturated rings. The lowest BCUT2D eigenvalue weighted by Gasteiger charge is -2.23. The highest BCUT2D eigenvalue weighted by Crippen LogP contribution is 1.97. The molecule has 0 aliphatic rings. The Morgan fingerprint density at radius 3 is 2.50 bits per heavy atom. The largest absolute Gasteiger partial charge is 0.350 e. The number of pyridine rings is 1. The van der Waals surface area contributed by atoms with Gasteiger partial charge in [-0.25, -0.2) is 0 Å². The van der Waals surface area contributed by atoms with Gasteiger partial charge in [0.15, 0.2) is 0 Å². The van der Waals surface area contributed by atoms with Gasteiger partial charge in [0.05, 0.1) is 40.7 Å². The van der Waals surface area contributed by atoms with Crippen LogP contribution < -0.4 is 5.32 Å². The van der Waals surface area contributed by atoms with Crippen LogP contribution in [0.2, 0.25) is 0 Å². The molecule has 1 rings (SSSR count). The fourth-order valence-corrected chi connectivity index (χ4v) is 1.28. The Hall–Kier alpha value is -1.42. The predicted molar refractivity (Wildman–Crippen MR) is 63.9 cm³/mol. The first kappa shape index (κ1) is 12.6. The van der Waals surface area contributed by atoms with Crippen molar-refractivity contribution in [2.75, 3.05) is 34.2 Å². The molecule has 4 heteroatoms. The van der Waals surface area contributed by atoms with Gasteiger partial charge in [0.25, 0.3) is 0 Å². The second-order valence-corrected chi connectivity index (χ2v) is 4.90. The number of nitrogens with zero attached hydrogens (tertiary/aromatic N) is 2. The van der Waals surface area contributed by atoms with Crippen molar-refractivity contribution >= 4 is 5.91 Å². The molecule has 0 spiro atoms. The topological polar surface area (TPSA) is 42.0 Å². The van der Waals surface area contributed by atoms with E-state index in [9.17, 15) is 4.79 Å². The molecule has 88 valence electrons. The molecule has 1 heterocycles. The van der Waals surface area contributed by atoms with E-state index in [0.717, 1.165) is 16.6 Å². The Morgan fingerprint density at radius 2 is 1.94 bits per heavy atom. The number of carbonyl (C=O) groups excluding carboxylic acids is 1. The van der Waals surface area contributed by atoms with Crippen molar-refractivity contribution in [2.24, 2.45) is 0 Å². The van der Waals surface area contributed by atoms with Gasteiger partial charge in [-0.05, 0) is 17.7 Å². The van der Waals surface area contributed by atoms with Gasteiger partial charge in [-0.15, -0.1) is 0 Å². The Labute approximate surface area is 96.9 Å². The monoisotopic (exact) mass is 222 g/mol. The molecule has 0 aliphatic heterocycles. The normalized spacial score (nSPS) is 11.2. The maximum atomic E-state index is 11.6. The van der Waals surface area contributed by atoms with E-state index in [2.05, 4.69) is 31.4 Å². The zero-order valence-electron chi connectivity index (χ0n) is 10.2. The average Bonchev–Trinajstić information content (AvgIpc) is 2.17. The van der Waals surface area contributed by atoms with Gasteiger partial charge in [0, 0.05) is 12.4 Å². The molecule has 0 aromatic carbocycles. The fraction of sp³-hybridized carbons (Fsp3) is 0.500. The summed E-state index contributed by atoms with van der Waals surface area (Å²) < 4.78 is 0.857. The van der Waals surface area contributed by atoms with Gasteiger partial charge >= 0.3 is 0 Å². The first-order chi connectivity index (χ1) is 7.47. The molecular formula is C12H20N3O+. The zero-order valence-corrected chi connectivity index (χ0v) is 10.2. The van der Waals surface area contributed by atoms with E-state index < -0.39 is 0 Å². The second kappa shape index (κ2) is 5.61. The molecule has 1 aromatic heterocycles. The molecule has 16 heavy (non-hydrogen) atoms. The summed E-state index contributed by atoms with van der Waals surface area (Å²) in [5, 5.41) is 2.91. The number of aromatic nitrogens is 1. The van der Waals surface area contributed by atoms with Crippen molar-refractivity contribution in [1.82, 2.24) is 10.3 Å². The van der Waals surface area contributed by atoms with Gasteiger partial charge in [-0.2, -0.15) is 0 Å². The summed E-state index contributed by atoms with van der Waals surface area (Å²) in [6, 6.07) is 3.72. The Balaban J connectivity index is 2.27. The Bertz CT molecular complexity index is 330. The zero-order chi connectivity index (χ0) is 12.0. The third-order valence-corrected chi connectivity index (χ3v) is 2.22. The summed E-state index contributed by atoms with van der Waals surface area (Å²) in [6.45, 7) is 1.65. The van der Waals surface area contributed by atoms with Crippen LogP contribution in [-0.4, -0.2) is 49.6 Å². The first-order valence-corrected chi connectivity index (χ1v) is 5.43. The van der Waals surface area contributed by atoms with Crippen molar-refractivity contribution in [2.45, 2.75) is 6.42 Å². The van der Waals surface area contributed by atoms with Crippen LogP contribution in [0.25, 0.3) is 0 Å². The maximum Gasteiger partial charge on any atom is 0.224 e. The lowest BCUT2D eigenvalue weighted by atomic mass is 10.2. The molecule has 0 saturated heterocycles. The summed E-state index contributed by atoms with van der Waals surface area (Å²) in [4.78, 5) is 15.5. The number of quaternary nitrogens is 1. The van der Waals surface area contributed by atoms with Crippen LogP contribution in [0.1, 0.15) is 5.56 Å². The third kappa shape index (κ3) is 5.46. The summed E-state index contributed by atoms with van der Waals surface area (Å²) in [5.41, 5.74) is 0.998. The van der Waals surface area contributed by atoms with E-state index in [0.29, 0.717) is 13.0 Å². The molecule has 4 nitrogen and oxygen atoms in total. The highest BCUT2D eigenvalue weighted by molar-refractivity contribution is 5.78. The predicted octanol–water partition coefficient (Wildman–Crippen LogP) is 0.447. The van der Waals surface area contributed by atoms with E-state index in [1.807, 2.05) is 12.1 Å².